The van der Waals surface area contributed by atoms with Gasteiger partial charge in [0.05, 0.1) is 6.04 Å². The lowest BCUT2D eigenvalue weighted by molar-refractivity contribution is 0.752. The fourth-order valence-corrected chi connectivity index (χ4v) is 2.84. The van der Waals surface area contributed by atoms with E-state index in [2.05, 4.69) is 28.3 Å². The molecule has 0 bridgehead atoms. The molecule has 1 atom stereocenters. The average molecular weight is 224 g/mol. The van der Waals surface area contributed by atoms with E-state index in [1.807, 2.05) is 0 Å². The van der Waals surface area contributed by atoms with Crippen LogP contribution in [0.15, 0.2) is 28.3 Å². The van der Waals surface area contributed by atoms with Gasteiger partial charge < -0.3 is 11.5 Å². The molecule has 0 aromatic carbocycles. The van der Waals surface area contributed by atoms with Gasteiger partial charge >= 0.3 is 0 Å². The summed E-state index contributed by atoms with van der Waals surface area (Å²) in [5, 5.41) is 6.35. The van der Waals surface area contributed by atoms with Gasteiger partial charge in [-0.15, -0.1) is 11.3 Å². The van der Waals surface area contributed by atoms with Crippen LogP contribution in [-0.2, 0) is 0 Å². The zero-order valence-electron chi connectivity index (χ0n) is 7.64. The topological polar surface area (TPSA) is 52.0 Å². The van der Waals surface area contributed by atoms with E-state index >= 15 is 0 Å². The highest BCUT2D eigenvalue weighted by molar-refractivity contribution is 7.10. The molecule has 4 N–H and O–H groups in total. The molecule has 4 heteroatoms. The zero-order valence-corrected chi connectivity index (χ0v) is 9.28. The zero-order chi connectivity index (χ0) is 9.97. The van der Waals surface area contributed by atoms with Crippen LogP contribution in [-0.4, -0.2) is 6.54 Å². The van der Waals surface area contributed by atoms with E-state index in [1.165, 1.54) is 11.1 Å². The second-order valence-corrected chi connectivity index (χ2v) is 4.81. The van der Waals surface area contributed by atoms with E-state index in [0.717, 1.165) is 4.88 Å². The van der Waals surface area contributed by atoms with Crippen molar-refractivity contribution in [2.24, 2.45) is 11.5 Å². The number of thiophene rings is 2. The summed E-state index contributed by atoms with van der Waals surface area (Å²) in [6, 6.07) is 4.22. The number of nitrogens with two attached hydrogens (primary N) is 2. The highest BCUT2D eigenvalue weighted by Gasteiger charge is 2.08. The molecule has 2 nitrogen and oxygen atoms in total. The molecule has 2 rings (SSSR count). The van der Waals surface area contributed by atoms with Crippen LogP contribution in [0.5, 0.6) is 0 Å². The Morgan fingerprint density at radius 3 is 2.79 bits per heavy atom. The molecule has 0 aliphatic rings. The molecule has 2 aromatic rings. The monoisotopic (exact) mass is 224 g/mol. The van der Waals surface area contributed by atoms with Crippen LogP contribution in [0.25, 0.3) is 11.1 Å². The predicted molar refractivity (Wildman–Crippen MR) is 63.6 cm³/mol. The van der Waals surface area contributed by atoms with E-state index in [9.17, 15) is 0 Å². The summed E-state index contributed by atoms with van der Waals surface area (Å²) in [6.07, 6.45) is 0. The fourth-order valence-electron chi connectivity index (χ4n) is 1.24. The predicted octanol–water partition coefficient (Wildman–Crippen LogP) is 2.44. The number of hydrogen-bond donors (Lipinski definition) is 2. The second-order valence-electron chi connectivity index (χ2n) is 3.09. The van der Waals surface area contributed by atoms with Crippen molar-refractivity contribution in [3.63, 3.8) is 0 Å². The van der Waals surface area contributed by atoms with E-state index in [4.69, 9.17) is 11.5 Å². The Morgan fingerprint density at radius 2 is 2.14 bits per heavy atom. The van der Waals surface area contributed by atoms with Crippen molar-refractivity contribution in [3.05, 3.63) is 33.2 Å². The minimum atomic E-state index is -0.0209. The summed E-state index contributed by atoms with van der Waals surface area (Å²) in [5.41, 5.74) is 13.9. The maximum absolute atomic E-state index is 5.85. The van der Waals surface area contributed by atoms with Crippen molar-refractivity contribution in [2.75, 3.05) is 6.54 Å². The van der Waals surface area contributed by atoms with Crippen molar-refractivity contribution in [1.82, 2.24) is 0 Å². The quantitative estimate of drug-likeness (QED) is 0.841. The largest absolute Gasteiger partial charge is 0.329 e. The number of hydrogen-bond acceptors (Lipinski definition) is 4. The highest BCUT2D eigenvalue weighted by atomic mass is 32.1. The van der Waals surface area contributed by atoms with Crippen molar-refractivity contribution < 1.29 is 0 Å². The molecular weight excluding hydrogens is 212 g/mol. The number of rotatable bonds is 3. The van der Waals surface area contributed by atoms with Gasteiger partial charge in [0, 0.05) is 11.4 Å². The van der Waals surface area contributed by atoms with Gasteiger partial charge in [-0.1, -0.05) is 0 Å². The summed E-state index contributed by atoms with van der Waals surface area (Å²) in [6.45, 7) is 0.504. The normalized spacial score (nSPS) is 13.0. The SMILES string of the molecule is NC[C@@H](N)c1cc(-c2ccsc2)cs1. The molecule has 0 unspecified atom stereocenters. The Kier molecular flexibility index (Phi) is 2.98. The standard InChI is InChI=1S/C10H12N2S2/c11-4-9(12)10-3-8(6-14-10)7-1-2-13-5-7/h1-3,5-6,9H,4,11-12H2/t9-/m1/s1. The maximum atomic E-state index is 5.85. The maximum Gasteiger partial charge on any atom is 0.0514 e. The van der Waals surface area contributed by atoms with Crippen LogP contribution in [0, 0.1) is 0 Å². The molecule has 0 spiro atoms. The Morgan fingerprint density at radius 1 is 1.29 bits per heavy atom. The van der Waals surface area contributed by atoms with E-state index in [1.54, 1.807) is 22.7 Å². The summed E-state index contributed by atoms with van der Waals surface area (Å²) < 4.78 is 0. The van der Waals surface area contributed by atoms with Gasteiger partial charge in [0.15, 0.2) is 0 Å². The van der Waals surface area contributed by atoms with Gasteiger partial charge in [0.25, 0.3) is 0 Å². The van der Waals surface area contributed by atoms with Gasteiger partial charge in [-0.2, -0.15) is 11.3 Å². The van der Waals surface area contributed by atoms with Crippen LogP contribution in [0.3, 0.4) is 0 Å². The third-order valence-electron chi connectivity index (χ3n) is 2.09. The molecule has 14 heavy (non-hydrogen) atoms. The Bertz CT molecular complexity index is 392. The van der Waals surface area contributed by atoms with Gasteiger partial charge in [-0.05, 0) is 39.4 Å². The lowest BCUT2D eigenvalue weighted by Crippen LogP contribution is -2.19. The van der Waals surface area contributed by atoms with Crippen molar-refractivity contribution in [2.45, 2.75) is 6.04 Å². The van der Waals surface area contributed by atoms with Gasteiger partial charge in [-0.3, -0.25) is 0 Å². The summed E-state index contributed by atoms with van der Waals surface area (Å²) >= 11 is 3.39. The molecule has 0 radical (unpaired) electrons. The molecule has 2 aromatic heterocycles. The lowest BCUT2D eigenvalue weighted by atomic mass is 10.1. The first-order valence-electron chi connectivity index (χ1n) is 4.38. The molecule has 0 aliphatic carbocycles. The van der Waals surface area contributed by atoms with E-state index in [0.29, 0.717) is 6.54 Å². The molecule has 0 saturated carbocycles. The second kappa shape index (κ2) is 4.23. The minimum absolute atomic E-state index is 0.0209. The fraction of sp³-hybridized carbons (Fsp3) is 0.200. The van der Waals surface area contributed by atoms with Crippen molar-refractivity contribution >= 4 is 22.7 Å². The summed E-state index contributed by atoms with van der Waals surface area (Å²) in [7, 11) is 0. The van der Waals surface area contributed by atoms with E-state index < -0.39 is 0 Å². The van der Waals surface area contributed by atoms with Gasteiger partial charge in [-0.25, -0.2) is 0 Å². The van der Waals surface area contributed by atoms with Crippen molar-refractivity contribution in [1.29, 1.82) is 0 Å². The summed E-state index contributed by atoms with van der Waals surface area (Å²) in [5.74, 6) is 0. The summed E-state index contributed by atoms with van der Waals surface area (Å²) in [4.78, 5) is 1.16. The Balaban J connectivity index is 2.26. The van der Waals surface area contributed by atoms with Crippen molar-refractivity contribution in [3.8, 4) is 11.1 Å². The third-order valence-corrected chi connectivity index (χ3v) is 3.84. The molecule has 0 fully saturated rings. The molecule has 74 valence electrons. The molecule has 0 saturated heterocycles. The third kappa shape index (κ3) is 1.88. The molecular formula is C10H12N2S2. The minimum Gasteiger partial charge on any atom is -0.329 e. The van der Waals surface area contributed by atoms with Gasteiger partial charge in [0.1, 0.15) is 0 Å². The molecule has 2 heterocycles. The average Bonchev–Trinajstić information content (AvgIpc) is 2.86. The highest BCUT2D eigenvalue weighted by Crippen LogP contribution is 2.29. The Hall–Kier alpha value is -0.680. The van der Waals surface area contributed by atoms with Gasteiger partial charge in [0.2, 0.25) is 0 Å². The lowest BCUT2D eigenvalue weighted by Gasteiger charge is -2.03. The first kappa shape index (κ1) is 9.86. The smallest absolute Gasteiger partial charge is 0.0514 e. The first-order chi connectivity index (χ1) is 6.81. The van der Waals surface area contributed by atoms with Crippen LogP contribution in [0.4, 0.5) is 0 Å². The molecule has 0 aliphatic heterocycles. The molecule has 0 amide bonds. The Labute approximate surface area is 91.2 Å². The van der Waals surface area contributed by atoms with Crippen LogP contribution in [0.1, 0.15) is 10.9 Å². The first-order valence-corrected chi connectivity index (χ1v) is 6.20. The van der Waals surface area contributed by atoms with Crippen LogP contribution >= 0.6 is 22.7 Å². The van der Waals surface area contributed by atoms with Crippen LogP contribution < -0.4 is 11.5 Å². The van der Waals surface area contributed by atoms with Crippen LogP contribution in [0.2, 0.25) is 0 Å². The van der Waals surface area contributed by atoms with E-state index in [-0.39, 0.29) is 6.04 Å².